The van der Waals surface area contributed by atoms with Crippen molar-refractivity contribution in [2.45, 2.75) is 59.5 Å². The van der Waals surface area contributed by atoms with Gasteiger partial charge >= 0.3 is 11.8 Å². The van der Waals surface area contributed by atoms with Crippen molar-refractivity contribution in [3.8, 4) is 5.69 Å². The van der Waals surface area contributed by atoms with E-state index in [2.05, 4.69) is 16.5 Å². The van der Waals surface area contributed by atoms with Gasteiger partial charge in [-0.2, -0.15) is 4.98 Å². The molecule has 1 aromatic carbocycles. The van der Waals surface area contributed by atoms with Crippen LogP contribution in [0.2, 0.25) is 10.2 Å². The van der Waals surface area contributed by atoms with Crippen LogP contribution in [0, 0.1) is 5.41 Å². The summed E-state index contributed by atoms with van der Waals surface area (Å²) in [5.74, 6) is 0.507. The van der Waals surface area contributed by atoms with E-state index in [9.17, 15) is 14.7 Å². The molecule has 1 aliphatic heterocycles. The number of amides is 1. The van der Waals surface area contributed by atoms with Gasteiger partial charge in [0.1, 0.15) is 11.0 Å². The van der Waals surface area contributed by atoms with Crippen LogP contribution in [0.3, 0.4) is 0 Å². The number of para-hydroxylation sites is 1. The molecule has 10 heteroatoms. The molecule has 1 fully saturated rings. The van der Waals surface area contributed by atoms with Gasteiger partial charge in [0.2, 0.25) is 0 Å². The van der Waals surface area contributed by atoms with Crippen molar-refractivity contribution in [3.05, 3.63) is 62.6 Å². The van der Waals surface area contributed by atoms with Crippen molar-refractivity contribution < 1.29 is 9.90 Å². The number of fused-ring (bicyclic) bond motifs is 1. The van der Waals surface area contributed by atoms with Crippen LogP contribution in [-0.2, 0) is 0 Å². The van der Waals surface area contributed by atoms with Gasteiger partial charge in [0, 0.05) is 19.1 Å². The maximum atomic E-state index is 13.9. The van der Waals surface area contributed by atoms with Gasteiger partial charge < -0.3 is 14.9 Å². The number of piperazine rings is 1. The Hall–Kier alpha value is -3.10. The number of carboxylic acid groups (broad SMARTS) is 1. The molecule has 0 radical (unpaired) electrons. The smallest absolute Gasteiger partial charge is 0.407 e. The molecule has 2 aromatic heterocycles. The van der Waals surface area contributed by atoms with Crippen molar-refractivity contribution in [1.82, 2.24) is 19.4 Å². The number of benzene rings is 1. The van der Waals surface area contributed by atoms with Crippen LogP contribution in [0.4, 0.5) is 10.6 Å². The summed E-state index contributed by atoms with van der Waals surface area (Å²) in [6.45, 7) is 16.6. The molecule has 4 rings (SSSR count). The Morgan fingerprint density at radius 1 is 1.21 bits per heavy atom. The second kappa shape index (κ2) is 10.2. The number of hydrogen-bond donors (Lipinski definition) is 1. The first kappa shape index (κ1) is 27.9. The van der Waals surface area contributed by atoms with Crippen LogP contribution in [0.1, 0.15) is 58.6 Å². The Kier molecular flexibility index (Phi) is 7.51. The fraction of sp³-hybridized carbons (Fsp3) is 0.429. The summed E-state index contributed by atoms with van der Waals surface area (Å²) in [6, 6.07) is 6.83. The van der Waals surface area contributed by atoms with Crippen molar-refractivity contribution in [2.24, 2.45) is 5.41 Å². The molecule has 1 N–H and O–H groups in total. The Labute approximate surface area is 232 Å². The molecule has 1 saturated heterocycles. The highest BCUT2D eigenvalue weighted by Gasteiger charge is 2.44. The summed E-state index contributed by atoms with van der Waals surface area (Å²) in [6.07, 6.45) is 0.731. The highest BCUT2D eigenvalue weighted by molar-refractivity contribution is 6.41. The van der Waals surface area contributed by atoms with Crippen LogP contribution < -0.4 is 10.6 Å². The number of anilines is 1. The number of aromatic nitrogens is 3. The van der Waals surface area contributed by atoms with E-state index in [1.165, 1.54) is 9.47 Å². The Balaban J connectivity index is 2.04. The lowest BCUT2D eigenvalue weighted by Gasteiger charge is -2.51. The molecule has 0 spiro atoms. The number of rotatable bonds is 4. The van der Waals surface area contributed by atoms with Gasteiger partial charge in [-0.05, 0) is 35.4 Å². The summed E-state index contributed by atoms with van der Waals surface area (Å²) >= 11 is 12.8. The molecule has 202 valence electrons. The number of hydrogen-bond acceptors (Lipinski definition) is 5. The van der Waals surface area contributed by atoms with Gasteiger partial charge in [-0.15, -0.1) is 0 Å². The van der Waals surface area contributed by atoms with E-state index in [1.807, 2.05) is 64.6 Å². The molecule has 1 unspecified atom stereocenters. The molecular formula is C28H33Cl2N5O3. The highest BCUT2D eigenvalue weighted by Crippen LogP contribution is 2.38. The summed E-state index contributed by atoms with van der Waals surface area (Å²) in [5, 5.41) is 10.8. The Morgan fingerprint density at radius 3 is 2.47 bits per heavy atom. The summed E-state index contributed by atoms with van der Waals surface area (Å²) < 4.78 is 1.48. The second-order valence-electron chi connectivity index (χ2n) is 11.1. The van der Waals surface area contributed by atoms with Crippen LogP contribution in [0.15, 0.2) is 35.6 Å². The van der Waals surface area contributed by atoms with E-state index in [0.29, 0.717) is 29.1 Å². The predicted octanol–water partition coefficient (Wildman–Crippen LogP) is 6.46. The van der Waals surface area contributed by atoms with Gasteiger partial charge in [0.25, 0.3) is 0 Å². The van der Waals surface area contributed by atoms with E-state index in [4.69, 9.17) is 23.2 Å². The standard InChI is InChI=1S/C28H33Cl2N5O3/c1-8-17-10-9-11-18(15(2)3)21(17)35-25-19(14-20(29)23(30)31-25)24(32-26(35)36)33-12-13-34(27(37)38)22(16(33)4)28(5,6)7/h8-11,14-16,22H,1,12-13H2,2-7H3,(H,37,38)/t16?,22-/m1/s1. The molecule has 38 heavy (non-hydrogen) atoms. The van der Waals surface area contributed by atoms with Gasteiger partial charge in [0.15, 0.2) is 5.65 Å². The van der Waals surface area contributed by atoms with Crippen LogP contribution in [0.5, 0.6) is 0 Å². The summed E-state index contributed by atoms with van der Waals surface area (Å²) in [7, 11) is 0. The fourth-order valence-electron chi connectivity index (χ4n) is 5.67. The van der Waals surface area contributed by atoms with Gasteiger partial charge in [-0.25, -0.2) is 19.1 Å². The van der Waals surface area contributed by atoms with E-state index in [-0.39, 0.29) is 40.1 Å². The number of nitrogens with zero attached hydrogens (tertiary/aromatic N) is 5. The Bertz CT molecular complexity index is 1480. The van der Waals surface area contributed by atoms with Crippen LogP contribution in [-0.4, -0.2) is 55.8 Å². The largest absolute Gasteiger partial charge is 0.465 e. The third kappa shape index (κ3) is 4.76. The molecule has 3 heterocycles. The molecule has 0 bridgehead atoms. The van der Waals surface area contributed by atoms with E-state index < -0.39 is 11.8 Å². The average Bonchev–Trinajstić information content (AvgIpc) is 2.83. The average molecular weight is 559 g/mol. The molecular weight excluding hydrogens is 525 g/mol. The molecule has 0 saturated carbocycles. The normalized spacial score (nSPS) is 18.3. The molecule has 3 aromatic rings. The first-order valence-electron chi connectivity index (χ1n) is 12.6. The Morgan fingerprint density at radius 2 is 1.89 bits per heavy atom. The predicted molar refractivity (Wildman–Crippen MR) is 154 cm³/mol. The van der Waals surface area contributed by atoms with Crippen molar-refractivity contribution in [3.63, 3.8) is 0 Å². The third-order valence-electron chi connectivity index (χ3n) is 7.19. The zero-order chi connectivity index (χ0) is 28.1. The summed E-state index contributed by atoms with van der Waals surface area (Å²) in [4.78, 5) is 38.6. The van der Waals surface area contributed by atoms with Crippen molar-refractivity contribution in [2.75, 3.05) is 18.0 Å². The van der Waals surface area contributed by atoms with E-state index in [1.54, 1.807) is 12.1 Å². The zero-order valence-electron chi connectivity index (χ0n) is 22.5. The van der Waals surface area contributed by atoms with Crippen molar-refractivity contribution in [1.29, 1.82) is 0 Å². The molecule has 0 aliphatic carbocycles. The molecule has 1 amide bonds. The highest BCUT2D eigenvalue weighted by atomic mass is 35.5. The van der Waals surface area contributed by atoms with E-state index in [0.717, 1.165) is 11.1 Å². The minimum atomic E-state index is -0.969. The van der Waals surface area contributed by atoms with Crippen LogP contribution >= 0.6 is 23.2 Å². The van der Waals surface area contributed by atoms with Gasteiger partial charge in [0.05, 0.1) is 22.1 Å². The lowest BCUT2D eigenvalue weighted by atomic mass is 9.80. The topological polar surface area (TPSA) is 91.6 Å². The lowest BCUT2D eigenvalue weighted by Crippen LogP contribution is -2.64. The quantitative estimate of drug-likeness (QED) is 0.370. The van der Waals surface area contributed by atoms with Gasteiger partial charge in [-0.1, -0.05) is 88.7 Å². The monoisotopic (exact) mass is 557 g/mol. The number of halogens is 2. The SMILES string of the molecule is C=Cc1cccc(C(C)C)c1-n1c(=O)nc(N2CCN(C(=O)O)[C@@H](C(C)(C)C)C2C)c2cc(Cl)c(Cl)nc21. The molecule has 8 nitrogen and oxygen atoms in total. The van der Waals surface area contributed by atoms with E-state index >= 15 is 0 Å². The minimum absolute atomic E-state index is 0.0722. The fourth-order valence-corrected chi connectivity index (χ4v) is 5.95. The van der Waals surface area contributed by atoms with Gasteiger partial charge in [-0.3, -0.25) is 0 Å². The number of carbonyl (C=O) groups is 1. The molecule has 1 aliphatic rings. The minimum Gasteiger partial charge on any atom is -0.465 e. The second-order valence-corrected chi connectivity index (χ2v) is 11.8. The first-order chi connectivity index (χ1) is 17.8. The van der Waals surface area contributed by atoms with Crippen molar-refractivity contribution >= 4 is 52.2 Å². The number of pyridine rings is 1. The first-order valence-corrected chi connectivity index (χ1v) is 13.3. The maximum absolute atomic E-state index is 13.9. The zero-order valence-corrected chi connectivity index (χ0v) is 24.0. The van der Waals surface area contributed by atoms with Crippen LogP contribution in [0.25, 0.3) is 22.8 Å². The third-order valence-corrected chi connectivity index (χ3v) is 7.87. The summed E-state index contributed by atoms with van der Waals surface area (Å²) in [5.41, 5.74) is 1.78. The lowest BCUT2D eigenvalue weighted by molar-refractivity contribution is 0.0562. The molecule has 2 atom stereocenters. The maximum Gasteiger partial charge on any atom is 0.407 e.